The van der Waals surface area contributed by atoms with Crippen LogP contribution in [0.1, 0.15) is 10.4 Å². The average molecular weight is 356 g/mol. The number of amides is 1. The first-order chi connectivity index (χ1) is 9.51. The third-order valence-corrected chi connectivity index (χ3v) is 3.91. The van der Waals surface area contributed by atoms with Gasteiger partial charge in [-0.05, 0) is 46.3 Å². The Morgan fingerprint density at radius 1 is 1.30 bits per heavy atom. The largest absolute Gasteiger partial charge is 0.497 e. The molecule has 1 amide bonds. The summed E-state index contributed by atoms with van der Waals surface area (Å²) in [5.74, 6) is 0.300. The number of rotatable bonds is 3. The van der Waals surface area contributed by atoms with Crippen LogP contribution in [0.2, 0.25) is 5.02 Å². The van der Waals surface area contributed by atoms with Crippen LogP contribution in [-0.4, -0.2) is 13.0 Å². The van der Waals surface area contributed by atoms with Crippen molar-refractivity contribution >= 4 is 44.8 Å². The lowest BCUT2D eigenvalue weighted by atomic mass is 10.1. The van der Waals surface area contributed by atoms with Crippen LogP contribution in [0, 0.1) is 0 Å². The highest BCUT2D eigenvalue weighted by atomic mass is 79.9. The van der Waals surface area contributed by atoms with Gasteiger partial charge in [0.05, 0.1) is 17.7 Å². The van der Waals surface area contributed by atoms with Gasteiger partial charge in [-0.3, -0.25) is 4.79 Å². The van der Waals surface area contributed by atoms with E-state index < -0.39 is 0 Å². The van der Waals surface area contributed by atoms with Crippen LogP contribution in [0.3, 0.4) is 0 Å². The minimum atomic E-state index is -0.302. The molecule has 0 atom stereocenters. The maximum Gasteiger partial charge on any atom is 0.257 e. The Hall–Kier alpha value is -1.72. The van der Waals surface area contributed by atoms with E-state index >= 15 is 0 Å². The van der Waals surface area contributed by atoms with Gasteiger partial charge in [-0.15, -0.1) is 0 Å². The second kappa shape index (κ2) is 6.15. The van der Waals surface area contributed by atoms with Crippen LogP contribution in [0.4, 0.5) is 11.4 Å². The molecule has 0 aromatic heterocycles. The van der Waals surface area contributed by atoms with Crippen molar-refractivity contribution in [1.82, 2.24) is 0 Å². The van der Waals surface area contributed by atoms with Crippen LogP contribution in [0.25, 0.3) is 0 Å². The number of nitrogens with one attached hydrogen (secondary N) is 1. The second-order valence-electron chi connectivity index (χ2n) is 4.04. The minimum absolute atomic E-state index is 0.302. The molecule has 6 heteroatoms. The predicted molar refractivity (Wildman–Crippen MR) is 84.5 cm³/mol. The first-order valence-electron chi connectivity index (χ1n) is 5.71. The van der Waals surface area contributed by atoms with Gasteiger partial charge in [0, 0.05) is 21.9 Å². The van der Waals surface area contributed by atoms with Crippen molar-refractivity contribution in [1.29, 1.82) is 0 Å². The number of carbonyl (C=O) groups is 1. The summed E-state index contributed by atoms with van der Waals surface area (Å²) in [6, 6.07) is 10.1. The van der Waals surface area contributed by atoms with Crippen molar-refractivity contribution in [2.45, 2.75) is 0 Å². The van der Waals surface area contributed by atoms with Crippen LogP contribution < -0.4 is 15.8 Å². The van der Waals surface area contributed by atoms with Gasteiger partial charge in [0.25, 0.3) is 5.91 Å². The predicted octanol–water partition coefficient (Wildman–Crippen LogP) is 3.95. The molecular formula is C14H12BrClN2O2. The van der Waals surface area contributed by atoms with Crippen molar-refractivity contribution in [3.8, 4) is 5.75 Å². The zero-order chi connectivity index (χ0) is 14.7. The Bertz CT molecular complexity index is 662. The Labute approximate surface area is 130 Å². The first kappa shape index (κ1) is 14.7. The lowest BCUT2D eigenvalue weighted by Gasteiger charge is -2.09. The summed E-state index contributed by atoms with van der Waals surface area (Å²) in [7, 11) is 1.54. The lowest BCUT2D eigenvalue weighted by Crippen LogP contribution is -2.14. The van der Waals surface area contributed by atoms with Gasteiger partial charge in [0.1, 0.15) is 5.75 Å². The molecule has 2 aromatic rings. The molecule has 20 heavy (non-hydrogen) atoms. The van der Waals surface area contributed by atoms with E-state index in [-0.39, 0.29) is 5.91 Å². The van der Waals surface area contributed by atoms with E-state index in [2.05, 4.69) is 21.2 Å². The maximum atomic E-state index is 12.1. The van der Waals surface area contributed by atoms with Crippen molar-refractivity contribution < 1.29 is 9.53 Å². The maximum absolute atomic E-state index is 12.1. The van der Waals surface area contributed by atoms with Crippen molar-refractivity contribution in [3.05, 3.63) is 51.5 Å². The summed E-state index contributed by atoms with van der Waals surface area (Å²) in [6.07, 6.45) is 0. The second-order valence-corrected chi connectivity index (χ2v) is 5.30. The molecule has 0 saturated heterocycles. The summed E-state index contributed by atoms with van der Waals surface area (Å²) in [4.78, 5) is 12.1. The smallest absolute Gasteiger partial charge is 0.257 e. The zero-order valence-electron chi connectivity index (χ0n) is 10.6. The Kier molecular flexibility index (Phi) is 4.52. The van der Waals surface area contributed by atoms with E-state index in [1.54, 1.807) is 43.5 Å². The van der Waals surface area contributed by atoms with Gasteiger partial charge in [-0.1, -0.05) is 11.6 Å². The number of methoxy groups -OCH3 is 1. The number of nitrogens with two attached hydrogens (primary N) is 1. The fourth-order valence-corrected chi connectivity index (χ4v) is 2.07. The number of ether oxygens (including phenoxy) is 1. The Morgan fingerprint density at radius 2 is 2.05 bits per heavy atom. The van der Waals surface area contributed by atoms with Gasteiger partial charge in [-0.2, -0.15) is 0 Å². The van der Waals surface area contributed by atoms with Gasteiger partial charge >= 0.3 is 0 Å². The summed E-state index contributed by atoms with van der Waals surface area (Å²) in [5.41, 5.74) is 7.16. The van der Waals surface area contributed by atoms with E-state index in [4.69, 9.17) is 22.1 Å². The molecule has 0 radical (unpaired) electrons. The average Bonchev–Trinajstić information content (AvgIpc) is 2.42. The van der Waals surface area contributed by atoms with E-state index in [0.717, 1.165) is 4.47 Å². The molecule has 0 saturated carbocycles. The summed E-state index contributed by atoms with van der Waals surface area (Å²) in [6.45, 7) is 0. The molecule has 0 aliphatic rings. The number of halogens is 2. The number of hydrogen-bond acceptors (Lipinski definition) is 3. The van der Waals surface area contributed by atoms with E-state index in [1.165, 1.54) is 0 Å². The molecule has 0 aliphatic heterocycles. The summed E-state index contributed by atoms with van der Waals surface area (Å²) in [5, 5.41) is 3.26. The van der Waals surface area contributed by atoms with Gasteiger partial charge < -0.3 is 15.8 Å². The molecule has 3 N–H and O–H groups in total. The molecule has 0 heterocycles. The molecular weight excluding hydrogens is 344 g/mol. The quantitative estimate of drug-likeness (QED) is 0.820. The summed E-state index contributed by atoms with van der Waals surface area (Å²) >= 11 is 9.26. The number of benzene rings is 2. The summed E-state index contributed by atoms with van der Waals surface area (Å²) < 4.78 is 5.81. The standard InChI is InChI=1S/C14H12BrClN2O2/c1-20-9-3-4-10(13(17)7-9)14(19)18-8-2-5-11(15)12(16)6-8/h2-7H,17H2,1H3,(H,18,19). The fourth-order valence-electron chi connectivity index (χ4n) is 1.65. The van der Waals surface area contributed by atoms with E-state index in [1.807, 2.05) is 0 Å². The highest BCUT2D eigenvalue weighted by molar-refractivity contribution is 9.10. The van der Waals surface area contributed by atoms with Crippen molar-refractivity contribution in [3.63, 3.8) is 0 Å². The van der Waals surface area contributed by atoms with Crippen LogP contribution >= 0.6 is 27.5 Å². The lowest BCUT2D eigenvalue weighted by molar-refractivity contribution is 0.102. The van der Waals surface area contributed by atoms with E-state index in [0.29, 0.717) is 27.7 Å². The third kappa shape index (κ3) is 3.23. The molecule has 0 aliphatic carbocycles. The van der Waals surface area contributed by atoms with Crippen LogP contribution in [0.15, 0.2) is 40.9 Å². The Morgan fingerprint density at radius 3 is 2.65 bits per heavy atom. The number of carbonyl (C=O) groups excluding carboxylic acids is 1. The fraction of sp³-hybridized carbons (Fsp3) is 0.0714. The number of nitrogen functional groups attached to an aromatic ring is 1. The first-order valence-corrected chi connectivity index (χ1v) is 6.88. The topological polar surface area (TPSA) is 64.3 Å². The van der Waals surface area contributed by atoms with Crippen molar-refractivity contribution in [2.24, 2.45) is 0 Å². The molecule has 0 spiro atoms. The van der Waals surface area contributed by atoms with E-state index in [9.17, 15) is 4.79 Å². The number of anilines is 2. The van der Waals surface area contributed by atoms with Gasteiger partial charge in [0.15, 0.2) is 0 Å². The normalized spacial score (nSPS) is 10.2. The molecule has 0 unspecified atom stereocenters. The van der Waals surface area contributed by atoms with Gasteiger partial charge in [0.2, 0.25) is 0 Å². The monoisotopic (exact) mass is 354 g/mol. The highest BCUT2D eigenvalue weighted by Gasteiger charge is 2.11. The van der Waals surface area contributed by atoms with Gasteiger partial charge in [-0.25, -0.2) is 0 Å². The zero-order valence-corrected chi connectivity index (χ0v) is 13.0. The number of hydrogen-bond donors (Lipinski definition) is 2. The molecule has 4 nitrogen and oxygen atoms in total. The molecule has 2 rings (SSSR count). The van der Waals surface area contributed by atoms with Crippen LogP contribution in [-0.2, 0) is 0 Å². The SMILES string of the molecule is COc1ccc(C(=O)Nc2ccc(Br)c(Cl)c2)c(N)c1. The molecule has 0 fully saturated rings. The molecule has 104 valence electrons. The Balaban J connectivity index is 2.21. The van der Waals surface area contributed by atoms with Crippen LogP contribution in [0.5, 0.6) is 5.75 Å². The third-order valence-electron chi connectivity index (χ3n) is 2.68. The molecule has 0 bridgehead atoms. The minimum Gasteiger partial charge on any atom is -0.497 e. The molecule has 2 aromatic carbocycles. The highest BCUT2D eigenvalue weighted by Crippen LogP contribution is 2.26. The van der Waals surface area contributed by atoms with Crippen molar-refractivity contribution in [2.75, 3.05) is 18.2 Å².